The highest BCUT2D eigenvalue weighted by molar-refractivity contribution is 5.85. The van der Waals surface area contributed by atoms with Crippen molar-refractivity contribution in [3.05, 3.63) is 11.6 Å². The topological polar surface area (TPSA) is 54.0 Å². The standard InChI is InChI=1S/C25H36O5/c1-22-8-9-25(29-12-13-30-25)14-16(22)4-5-17-18-6-7-20(24(3)27-10-11-28-24)23(18,2)15-19(26)21(17)22/h4,17-18,20-21H,5-15H2,1-3H3/t17-,18-,20-,21+,22+,23+/m1/s1. The minimum atomic E-state index is -0.523. The zero-order valence-electron chi connectivity index (χ0n) is 18.7. The lowest BCUT2D eigenvalue weighted by Gasteiger charge is -2.58. The number of Topliss-reactive ketones (excluding diaryl/α,β-unsaturated/α-hetero) is 1. The molecule has 6 atom stereocenters. The smallest absolute Gasteiger partial charge is 0.172 e. The number of allylic oxidation sites excluding steroid dienone is 1. The summed E-state index contributed by atoms with van der Waals surface area (Å²) in [7, 11) is 0. The third kappa shape index (κ3) is 2.52. The summed E-state index contributed by atoms with van der Waals surface area (Å²) in [6.07, 6.45) is 9.17. The van der Waals surface area contributed by atoms with Crippen molar-refractivity contribution in [2.24, 2.45) is 34.5 Å². The molecule has 0 aromatic rings. The molecule has 2 aliphatic heterocycles. The summed E-state index contributed by atoms with van der Waals surface area (Å²) >= 11 is 0. The summed E-state index contributed by atoms with van der Waals surface area (Å²) in [6, 6.07) is 0. The molecule has 4 aliphatic carbocycles. The Morgan fingerprint density at radius 1 is 0.900 bits per heavy atom. The summed E-state index contributed by atoms with van der Waals surface area (Å²) in [5.41, 5.74) is 1.36. The van der Waals surface area contributed by atoms with Gasteiger partial charge in [-0.05, 0) is 55.3 Å². The largest absolute Gasteiger partial charge is 0.348 e. The fourth-order valence-electron chi connectivity index (χ4n) is 8.77. The number of hydrogen-bond acceptors (Lipinski definition) is 5. The fraction of sp³-hybridized carbons (Fsp3) is 0.880. The second-order valence-electron chi connectivity index (χ2n) is 11.4. The molecule has 3 saturated carbocycles. The van der Waals surface area contributed by atoms with Crippen LogP contribution in [0, 0.1) is 34.5 Å². The second kappa shape index (κ2) is 6.40. The second-order valence-corrected chi connectivity index (χ2v) is 11.4. The number of carbonyl (C=O) groups excluding carboxylic acids is 1. The molecule has 1 spiro atoms. The highest BCUT2D eigenvalue weighted by Crippen LogP contribution is 2.67. The van der Waals surface area contributed by atoms with E-state index in [-0.39, 0.29) is 16.7 Å². The van der Waals surface area contributed by atoms with Crippen LogP contribution in [-0.4, -0.2) is 43.8 Å². The van der Waals surface area contributed by atoms with Gasteiger partial charge >= 0.3 is 0 Å². The summed E-state index contributed by atoms with van der Waals surface area (Å²) in [6.45, 7) is 9.55. The number of rotatable bonds is 1. The monoisotopic (exact) mass is 416 g/mol. The van der Waals surface area contributed by atoms with Gasteiger partial charge in [-0.3, -0.25) is 4.79 Å². The van der Waals surface area contributed by atoms with Gasteiger partial charge in [-0.1, -0.05) is 25.5 Å². The van der Waals surface area contributed by atoms with Gasteiger partial charge in [-0.2, -0.15) is 0 Å². The van der Waals surface area contributed by atoms with E-state index in [4.69, 9.17) is 18.9 Å². The quantitative estimate of drug-likeness (QED) is 0.598. The third-order valence-corrected chi connectivity index (χ3v) is 10.1. The maximum atomic E-state index is 13.8. The van der Waals surface area contributed by atoms with Crippen LogP contribution >= 0.6 is 0 Å². The van der Waals surface area contributed by atoms with Crippen molar-refractivity contribution in [2.75, 3.05) is 26.4 Å². The molecular weight excluding hydrogens is 380 g/mol. The Labute approximate surface area is 179 Å². The zero-order valence-corrected chi connectivity index (χ0v) is 18.7. The van der Waals surface area contributed by atoms with E-state index in [0.29, 0.717) is 56.4 Å². The van der Waals surface area contributed by atoms with Gasteiger partial charge in [0.25, 0.3) is 0 Å². The third-order valence-electron chi connectivity index (χ3n) is 10.1. The summed E-state index contributed by atoms with van der Waals surface area (Å²) in [5.74, 6) is 0.990. The Morgan fingerprint density at radius 2 is 1.60 bits per heavy atom. The van der Waals surface area contributed by atoms with Crippen LogP contribution in [0.4, 0.5) is 0 Å². The minimum absolute atomic E-state index is 0.0212. The first kappa shape index (κ1) is 19.9. The van der Waals surface area contributed by atoms with E-state index in [9.17, 15) is 4.79 Å². The van der Waals surface area contributed by atoms with Crippen molar-refractivity contribution in [3.8, 4) is 0 Å². The Morgan fingerprint density at radius 3 is 2.33 bits per heavy atom. The van der Waals surface area contributed by atoms with Crippen molar-refractivity contribution < 1.29 is 23.7 Å². The van der Waals surface area contributed by atoms with Crippen molar-refractivity contribution in [1.29, 1.82) is 0 Å². The Balaban J connectivity index is 1.33. The van der Waals surface area contributed by atoms with E-state index in [1.807, 2.05) is 0 Å². The highest BCUT2D eigenvalue weighted by atomic mass is 16.7. The molecule has 2 saturated heterocycles. The first-order valence-electron chi connectivity index (χ1n) is 12.1. The molecule has 0 N–H and O–H groups in total. The van der Waals surface area contributed by atoms with Gasteiger partial charge < -0.3 is 18.9 Å². The molecule has 6 aliphatic rings. The van der Waals surface area contributed by atoms with Crippen LogP contribution in [0.15, 0.2) is 11.6 Å². The summed E-state index contributed by atoms with van der Waals surface area (Å²) < 4.78 is 24.3. The van der Waals surface area contributed by atoms with Crippen LogP contribution < -0.4 is 0 Å². The molecular formula is C25H36O5. The molecule has 2 heterocycles. The Bertz CT molecular complexity index is 776. The number of ether oxygens (including phenoxy) is 4. The molecule has 0 radical (unpaired) electrons. The molecule has 5 heteroatoms. The van der Waals surface area contributed by atoms with Gasteiger partial charge in [-0.15, -0.1) is 0 Å². The predicted octanol–water partition coefficient (Wildman–Crippen LogP) is 4.25. The lowest BCUT2D eigenvalue weighted by Crippen LogP contribution is -2.57. The number of fused-ring (bicyclic) bond motifs is 5. The molecule has 5 fully saturated rings. The lowest BCUT2D eigenvalue weighted by atomic mass is 9.46. The molecule has 0 amide bonds. The average Bonchev–Trinajstić information content (AvgIpc) is 3.41. The molecule has 5 nitrogen and oxygen atoms in total. The maximum Gasteiger partial charge on any atom is 0.172 e. The van der Waals surface area contributed by atoms with E-state index < -0.39 is 11.6 Å². The number of ketones is 1. The van der Waals surface area contributed by atoms with Gasteiger partial charge in [-0.25, -0.2) is 0 Å². The van der Waals surface area contributed by atoms with E-state index in [0.717, 1.165) is 32.1 Å². The van der Waals surface area contributed by atoms with Crippen molar-refractivity contribution in [1.82, 2.24) is 0 Å². The summed E-state index contributed by atoms with van der Waals surface area (Å²) in [4.78, 5) is 13.8. The van der Waals surface area contributed by atoms with Crippen molar-refractivity contribution in [2.45, 2.75) is 77.3 Å². The average molecular weight is 417 g/mol. The van der Waals surface area contributed by atoms with Gasteiger partial charge in [0.2, 0.25) is 0 Å². The van der Waals surface area contributed by atoms with E-state index >= 15 is 0 Å². The minimum Gasteiger partial charge on any atom is -0.348 e. The molecule has 0 bridgehead atoms. The van der Waals surface area contributed by atoms with Crippen molar-refractivity contribution in [3.63, 3.8) is 0 Å². The lowest BCUT2D eigenvalue weighted by molar-refractivity contribution is -0.215. The van der Waals surface area contributed by atoms with Crippen LogP contribution in [0.2, 0.25) is 0 Å². The van der Waals surface area contributed by atoms with Gasteiger partial charge in [0, 0.05) is 31.1 Å². The van der Waals surface area contributed by atoms with Gasteiger partial charge in [0.1, 0.15) is 5.78 Å². The molecule has 30 heavy (non-hydrogen) atoms. The fourth-order valence-corrected chi connectivity index (χ4v) is 8.77. The van der Waals surface area contributed by atoms with Crippen LogP contribution in [-0.2, 0) is 23.7 Å². The molecule has 0 aromatic carbocycles. The van der Waals surface area contributed by atoms with Gasteiger partial charge in [0.05, 0.1) is 26.4 Å². The first-order valence-corrected chi connectivity index (χ1v) is 12.1. The first-order chi connectivity index (χ1) is 14.3. The normalized spacial score (nSPS) is 48.9. The predicted molar refractivity (Wildman–Crippen MR) is 111 cm³/mol. The van der Waals surface area contributed by atoms with Crippen LogP contribution in [0.1, 0.15) is 65.7 Å². The van der Waals surface area contributed by atoms with E-state index in [2.05, 4.69) is 26.8 Å². The van der Waals surface area contributed by atoms with E-state index in [1.54, 1.807) is 0 Å². The zero-order chi connectivity index (χ0) is 20.8. The Hall–Kier alpha value is -0.750. The van der Waals surface area contributed by atoms with Crippen LogP contribution in [0.5, 0.6) is 0 Å². The summed E-state index contributed by atoms with van der Waals surface area (Å²) in [5, 5.41) is 0. The number of hydrogen-bond donors (Lipinski definition) is 0. The van der Waals surface area contributed by atoms with Crippen molar-refractivity contribution >= 4 is 5.78 Å². The van der Waals surface area contributed by atoms with Crippen LogP contribution in [0.3, 0.4) is 0 Å². The molecule has 0 unspecified atom stereocenters. The maximum absolute atomic E-state index is 13.8. The molecule has 0 aromatic heterocycles. The Kier molecular flexibility index (Phi) is 4.25. The van der Waals surface area contributed by atoms with E-state index in [1.165, 1.54) is 12.0 Å². The van der Waals surface area contributed by atoms with Gasteiger partial charge in [0.15, 0.2) is 11.6 Å². The van der Waals surface area contributed by atoms with Crippen LogP contribution in [0.25, 0.3) is 0 Å². The highest BCUT2D eigenvalue weighted by Gasteiger charge is 2.66. The SMILES string of the molecule is CC1([C@@H]2CC[C@@H]3[C@H]4CC=C5CC6(CC[C@]5(C)[C@@H]4C(=O)C[C@@]32C)OCCO6)OCCO1. The molecule has 166 valence electrons. The molecule has 6 rings (SSSR count). The number of carbonyl (C=O) groups is 1.